The normalized spacial score (nSPS) is 14.0. The van der Waals surface area contributed by atoms with Gasteiger partial charge in [0.1, 0.15) is 12.4 Å². The molecule has 3 aromatic carbocycles. The second kappa shape index (κ2) is 8.15. The number of hydrogen-bond donors (Lipinski definition) is 0. The zero-order valence-corrected chi connectivity index (χ0v) is 16.1. The Kier molecular flexibility index (Phi) is 5.25. The van der Waals surface area contributed by atoms with Gasteiger partial charge in [-0.3, -0.25) is 4.79 Å². The summed E-state index contributed by atoms with van der Waals surface area (Å²) >= 11 is 0. The van der Waals surface area contributed by atoms with Crippen molar-refractivity contribution in [2.24, 2.45) is 0 Å². The molecule has 4 heteroatoms. The number of carbonyl (C=O) groups is 2. The molecule has 0 heterocycles. The molecule has 144 valence electrons. The van der Waals surface area contributed by atoms with E-state index in [-0.39, 0.29) is 11.8 Å². The average Bonchev–Trinajstić information content (AvgIpc) is 3.08. The molecule has 0 amide bonds. The number of fused-ring (bicyclic) bond motifs is 1. The van der Waals surface area contributed by atoms with E-state index in [9.17, 15) is 9.59 Å². The van der Waals surface area contributed by atoms with Crippen LogP contribution in [-0.4, -0.2) is 18.9 Å². The number of ketones is 1. The first-order valence-corrected chi connectivity index (χ1v) is 9.37. The van der Waals surface area contributed by atoms with Gasteiger partial charge in [-0.15, -0.1) is 0 Å². The molecule has 1 aliphatic carbocycles. The lowest BCUT2D eigenvalue weighted by atomic mass is 10.1. The first kappa shape index (κ1) is 18.7. The van der Waals surface area contributed by atoms with E-state index in [1.165, 1.54) is 7.11 Å². The highest BCUT2D eigenvalue weighted by Crippen LogP contribution is 2.28. The summed E-state index contributed by atoms with van der Waals surface area (Å²) in [6.45, 7) is 0.398. The van der Waals surface area contributed by atoms with E-state index in [4.69, 9.17) is 9.47 Å². The predicted octanol–water partition coefficient (Wildman–Crippen LogP) is 4.87. The minimum atomic E-state index is -0.356. The van der Waals surface area contributed by atoms with Crippen molar-refractivity contribution < 1.29 is 19.1 Å². The number of methoxy groups -OCH3 is 1. The molecule has 0 aromatic heterocycles. The van der Waals surface area contributed by atoms with Crippen molar-refractivity contribution in [3.05, 3.63) is 106 Å². The van der Waals surface area contributed by atoms with Crippen LogP contribution in [0.1, 0.15) is 37.4 Å². The minimum Gasteiger partial charge on any atom is -0.489 e. The van der Waals surface area contributed by atoms with Gasteiger partial charge in [0.05, 0.1) is 12.7 Å². The lowest BCUT2D eigenvalue weighted by Crippen LogP contribution is -2.02. The zero-order chi connectivity index (χ0) is 20.2. The first-order valence-electron chi connectivity index (χ1n) is 9.37. The summed E-state index contributed by atoms with van der Waals surface area (Å²) < 4.78 is 10.5. The zero-order valence-electron chi connectivity index (χ0n) is 16.1. The molecule has 0 aliphatic heterocycles. The Hall–Kier alpha value is -3.66. The van der Waals surface area contributed by atoms with E-state index in [2.05, 4.69) is 0 Å². The van der Waals surface area contributed by atoms with Gasteiger partial charge in [0.15, 0.2) is 5.78 Å². The molecule has 1 aliphatic rings. The van der Waals surface area contributed by atoms with E-state index in [1.807, 2.05) is 66.7 Å². The fourth-order valence-electron chi connectivity index (χ4n) is 3.35. The molecule has 0 fully saturated rings. The summed E-state index contributed by atoms with van der Waals surface area (Å²) in [7, 11) is 1.36. The lowest BCUT2D eigenvalue weighted by molar-refractivity contribution is 0.0600. The van der Waals surface area contributed by atoms with Crippen molar-refractivity contribution in [1.29, 1.82) is 0 Å². The summed E-state index contributed by atoms with van der Waals surface area (Å²) in [5.41, 5.74) is 5.13. The maximum Gasteiger partial charge on any atom is 0.337 e. The number of benzene rings is 3. The van der Waals surface area contributed by atoms with Gasteiger partial charge in [0, 0.05) is 17.6 Å². The highest BCUT2D eigenvalue weighted by atomic mass is 16.5. The second-order valence-electron chi connectivity index (χ2n) is 6.88. The van der Waals surface area contributed by atoms with E-state index in [0.717, 1.165) is 33.6 Å². The Morgan fingerprint density at radius 3 is 2.38 bits per heavy atom. The molecule has 3 aromatic rings. The molecule has 4 nitrogen and oxygen atoms in total. The Balaban J connectivity index is 1.39. The van der Waals surface area contributed by atoms with Gasteiger partial charge in [-0.1, -0.05) is 48.5 Å². The maximum absolute atomic E-state index is 12.5. The maximum atomic E-state index is 12.5. The van der Waals surface area contributed by atoms with Gasteiger partial charge in [-0.2, -0.15) is 0 Å². The molecule has 0 saturated carbocycles. The van der Waals surface area contributed by atoms with Crippen LogP contribution in [0.4, 0.5) is 0 Å². The summed E-state index contributed by atoms with van der Waals surface area (Å²) in [5, 5.41) is 0. The molecule has 0 radical (unpaired) electrons. The van der Waals surface area contributed by atoms with Gasteiger partial charge in [-0.05, 0) is 47.0 Å². The highest BCUT2D eigenvalue weighted by molar-refractivity contribution is 6.15. The summed E-state index contributed by atoms with van der Waals surface area (Å²) in [5.74, 6) is 0.493. The molecule has 0 unspecified atom stereocenters. The van der Waals surface area contributed by atoms with Gasteiger partial charge in [0.25, 0.3) is 0 Å². The van der Waals surface area contributed by atoms with Crippen molar-refractivity contribution in [2.75, 3.05) is 7.11 Å². The van der Waals surface area contributed by atoms with E-state index < -0.39 is 0 Å². The quantitative estimate of drug-likeness (QED) is 0.465. The third-order valence-electron chi connectivity index (χ3n) is 4.94. The van der Waals surface area contributed by atoms with Gasteiger partial charge in [-0.25, -0.2) is 4.79 Å². The Morgan fingerprint density at radius 1 is 0.966 bits per heavy atom. The fourth-order valence-corrected chi connectivity index (χ4v) is 3.35. The molecular weight excluding hydrogens is 364 g/mol. The summed E-state index contributed by atoms with van der Waals surface area (Å²) in [4.78, 5) is 24.0. The first-order chi connectivity index (χ1) is 14.1. The number of hydrogen-bond acceptors (Lipinski definition) is 4. The van der Waals surface area contributed by atoms with Crippen molar-refractivity contribution >= 4 is 17.8 Å². The van der Waals surface area contributed by atoms with Crippen molar-refractivity contribution in [1.82, 2.24) is 0 Å². The van der Waals surface area contributed by atoms with Gasteiger partial charge < -0.3 is 9.47 Å². The van der Waals surface area contributed by atoms with Crippen LogP contribution in [0.15, 0.2) is 78.4 Å². The molecule has 0 spiro atoms. The number of ether oxygens (including phenoxy) is 2. The van der Waals surface area contributed by atoms with Crippen LogP contribution in [0.5, 0.6) is 5.75 Å². The number of allylic oxidation sites excluding steroid dienone is 1. The molecule has 0 saturated heterocycles. The molecule has 4 rings (SSSR count). The van der Waals surface area contributed by atoms with Crippen LogP contribution in [0, 0.1) is 0 Å². The Bertz CT molecular complexity index is 1080. The highest BCUT2D eigenvalue weighted by Gasteiger charge is 2.23. The Labute approximate surface area is 169 Å². The monoisotopic (exact) mass is 384 g/mol. The third-order valence-corrected chi connectivity index (χ3v) is 4.94. The van der Waals surface area contributed by atoms with Crippen LogP contribution < -0.4 is 4.74 Å². The Morgan fingerprint density at radius 2 is 1.69 bits per heavy atom. The fraction of sp³-hybridized carbons (Fsp3) is 0.120. The van der Waals surface area contributed by atoms with Gasteiger partial charge in [0.2, 0.25) is 0 Å². The molecule has 0 N–H and O–H groups in total. The van der Waals surface area contributed by atoms with E-state index >= 15 is 0 Å². The summed E-state index contributed by atoms with van der Waals surface area (Å²) in [6, 6.07) is 22.5. The van der Waals surface area contributed by atoms with E-state index in [0.29, 0.717) is 18.6 Å². The second-order valence-corrected chi connectivity index (χ2v) is 6.88. The average molecular weight is 384 g/mol. The standard InChI is InChI=1S/C25H20O4/c1-28-25(27)19-10-6-18(7-11-19)16-29-22-12-8-17(9-13-22)14-21-15-20-4-2-3-5-23(20)24(21)26/h2-14H,15-16H2,1H3. The van der Waals surface area contributed by atoms with Crippen LogP contribution in [0.3, 0.4) is 0 Å². The molecule has 0 bridgehead atoms. The SMILES string of the molecule is COC(=O)c1ccc(COc2ccc(C=C3Cc4ccccc4C3=O)cc2)cc1. The molecule has 29 heavy (non-hydrogen) atoms. The molecular formula is C25H20O4. The topological polar surface area (TPSA) is 52.6 Å². The number of esters is 1. The number of Topliss-reactive ketones (excluding diaryl/α,β-unsaturated/α-hetero) is 1. The third kappa shape index (κ3) is 4.11. The van der Waals surface area contributed by atoms with Crippen LogP contribution >= 0.6 is 0 Å². The number of rotatable bonds is 5. The summed E-state index contributed by atoms with van der Waals surface area (Å²) in [6.07, 6.45) is 2.62. The van der Waals surface area contributed by atoms with Crippen molar-refractivity contribution in [2.45, 2.75) is 13.0 Å². The number of carbonyl (C=O) groups excluding carboxylic acids is 2. The van der Waals surface area contributed by atoms with Gasteiger partial charge >= 0.3 is 5.97 Å². The lowest BCUT2D eigenvalue weighted by Gasteiger charge is -2.07. The van der Waals surface area contributed by atoms with Crippen molar-refractivity contribution in [3.63, 3.8) is 0 Å². The minimum absolute atomic E-state index is 0.108. The van der Waals surface area contributed by atoms with E-state index in [1.54, 1.807) is 12.1 Å². The van der Waals surface area contributed by atoms with Crippen LogP contribution in [0.2, 0.25) is 0 Å². The smallest absolute Gasteiger partial charge is 0.337 e. The largest absolute Gasteiger partial charge is 0.489 e. The van der Waals surface area contributed by atoms with Crippen molar-refractivity contribution in [3.8, 4) is 5.75 Å². The predicted molar refractivity (Wildman–Crippen MR) is 111 cm³/mol. The molecule has 0 atom stereocenters. The van der Waals surface area contributed by atoms with Crippen LogP contribution in [0.25, 0.3) is 6.08 Å². The van der Waals surface area contributed by atoms with Crippen LogP contribution in [-0.2, 0) is 17.8 Å².